The number of nitrogens with zero attached hydrogens (tertiary/aromatic N) is 1. The summed E-state index contributed by atoms with van der Waals surface area (Å²) in [6.45, 7) is 10.3. The van der Waals surface area contributed by atoms with Crippen molar-refractivity contribution in [3.8, 4) is 0 Å². The van der Waals surface area contributed by atoms with E-state index in [9.17, 15) is 0 Å². The molecule has 1 aliphatic heterocycles. The van der Waals surface area contributed by atoms with Crippen molar-refractivity contribution < 1.29 is 4.74 Å². The molecule has 0 aromatic carbocycles. The zero-order valence-corrected chi connectivity index (χ0v) is 11.3. The highest BCUT2D eigenvalue weighted by atomic mass is 16.5. The first-order valence-corrected chi connectivity index (χ1v) is 6.73. The summed E-state index contributed by atoms with van der Waals surface area (Å²) in [5.74, 6) is 0. The molecule has 96 valence electrons. The van der Waals surface area contributed by atoms with E-state index in [2.05, 4.69) is 31.0 Å². The fourth-order valence-corrected chi connectivity index (χ4v) is 2.56. The maximum absolute atomic E-state index is 5.42. The van der Waals surface area contributed by atoms with E-state index < -0.39 is 0 Å². The van der Waals surface area contributed by atoms with Crippen molar-refractivity contribution in [2.75, 3.05) is 26.7 Å². The van der Waals surface area contributed by atoms with Gasteiger partial charge in [-0.25, -0.2) is 0 Å². The monoisotopic (exact) mass is 228 g/mol. The van der Waals surface area contributed by atoms with E-state index in [-0.39, 0.29) is 0 Å². The average Bonchev–Trinajstić information content (AvgIpc) is 2.78. The Bertz CT molecular complexity index is 185. The summed E-state index contributed by atoms with van der Waals surface area (Å²) >= 11 is 0. The van der Waals surface area contributed by atoms with Crippen molar-refractivity contribution in [2.45, 2.75) is 58.2 Å². The molecule has 16 heavy (non-hydrogen) atoms. The summed E-state index contributed by atoms with van der Waals surface area (Å²) < 4.78 is 5.42. The lowest BCUT2D eigenvalue weighted by Crippen LogP contribution is -2.47. The van der Waals surface area contributed by atoms with Crippen LogP contribution in [0.2, 0.25) is 0 Å². The second-order valence-corrected chi connectivity index (χ2v) is 4.85. The van der Waals surface area contributed by atoms with Crippen LogP contribution in [0.15, 0.2) is 0 Å². The van der Waals surface area contributed by atoms with Gasteiger partial charge < -0.3 is 10.1 Å². The van der Waals surface area contributed by atoms with Crippen LogP contribution in [0.3, 0.4) is 0 Å². The molecular formula is C13H28N2O. The molecule has 3 unspecified atom stereocenters. The second kappa shape index (κ2) is 7.25. The van der Waals surface area contributed by atoms with Crippen molar-refractivity contribution in [1.29, 1.82) is 0 Å². The third-order valence-corrected chi connectivity index (χ3v) is 3.76. The zero-order valence-electron chi connectivity index (χ0n) is 11.3. The number of nitrogens with one attached hydrogen (secondary N) is 1. The van der Waals surface area contributed by atoms with Crippen molar-refractivity contribution in [1.82, 2.24) is 10.2 Å². The molecule has 3 heteroatoms. The van der Waals surface area contributed by atoms with Crippen LogP contribution in [0.1, 0.15) is 40.0 Å². The summed E-state index contributed by atoms with van der Waals surface area (Å²) in [6.07, 6.45) is 4.05. The van der Waals surface area contributed by atoms with E-state index >= 15 is 0 Å². The molecule has 0 spiro atoms. The summed E-state index contributed by atoms with van der Waals surface area (Å²) in [4.78, 5) is 2.56. The number of rotatable bonds is 7. The Morgan fingerprint density at radius 3 is 2.69 bits per heavy atom. The first kappa shape index (κ1) is 13.9. The predicted octanol–water partition coefficient (Wildman–Crippen LogP) is 1.87. The van der Waals surface area contributed by atoms with Gasteiger partial charge in [-0.3, -0.25) is 4.90 Å². The van der Waals surface area contributed by atoms with Gasteiger partial charge >= 0.3 is 0 Å². The minimum Gasteiger partial charge on any atom is -0.380 e. The highest BCUT2D eigenvalue weighted by Crippen LogP contribution is 2.17. The first-order valence-electron chi connectivity index (χ1n) is 6.73. The van der Waals surface area contributed by atoms with Crippen LogP contribution < -0.4 is 5.32 Å². The quantitative estimate of drug-likeness (QED) is 0.720. The molecule has 1 saturated heterocycles. The fourth-order valence-electron chi connectivity index (χ4n) is 2.56. The minimum absolute atomic E-state index is 0.450. The Kier molecular flexibility index (Phi) is 6.32. The fraction of sp³-hybridized carbons (Fsp3) is 1.00. The van der Waals surface area contributed by atoms with Gasteiger partial charge in [-0.15, -0.1) is 0 Å². The van der Waals surface area contributed by atoms with Gasteiger partial charge in [-0.05, 0) is 32.7 Å². The zero-order chi connectivity index (χ0) is 12.0. The number of likely N-dealkylation sites (tertiary alicyclic amines) is 1. The van der Waals surface area contributed by atoms with Gasteiger partial charge in [0.25, 0.3) is 0 Å². The maximum Gasteiger partial charge on any atom is 0.0710 e. The lowest BCUT2D eigenvalue weighted by molar-refractivity contribution is 0.0974. The van der Waals surface area contributed by atoms with Gasteiger partial charge in [0.2, 0.25) is 0 Å². The molecule has 0 aliphatic carbocycles. The molecule has 0 saturated carbocycles. The van der Waals surface area contributed by atoms with Crippen molar-refractivity contribution >= 4 is 0 Å². The molecule has 1 N–H and O–H groups in total. The number of hydrogen-bond donors (Lipinski definition) is 1. The van der Waals surface area contributed by atoms with Crippen LogP contribution in [0.5, 0.6) is 0 Å². The lowest BCUT2D eigenvalue weighted by Gasteiger charge is -2.32. The summed E-state index contributed by atoms with van der Waals surface area (Å²) in [5.41, 5.74) is 0. The Morgan fingerprint density at radius 1 is 1.44 bits per heavy atom. The minimum atomic E-state index is 0.450. The van der Waals surface area contributed by atoms with Crippen molar-refractivity contribution in [3.63, 3.8) is 0 Å². The summed E-state index contributed by atoms with van der Waals surface area (Å²) in [5, 5.41) is 3.65. The van der Waals surface area contributed by atoms with Gasteiger partial charge in [0, 0.05) is 32.3 Å². The molecule has 0 aromatic heterocycles. The highest BCUT2D eigenvalue weighted by molar-refractivity contribution is 4.86. The molecule has 0 bridgehead atoms. The number of hydrogen-bond acceptors (Lipinski definition) is 3. The summed E-state index contributed by atoms with van der Waals surface area (Å²) in [6, 6.07) is 1.24. The van der Waals surface area contributed by atoms with Crippen LogP contribution >= 0.6 is 0 Å². The molecule has 0 aromatic rings. The topological polar surface area (TPSA) is 24.5 Å². The van der Waals surface area contributed by atoms with Crippen molar-refractivity contribution in [2.24, 2.45) is 0 Å². The van der Waals surface area contributed by atoms with Crippen LogP contribution in [-0.4, -0.2) is 49.8 Å². The van der Waals surface area contributed by atoms with Gasteiger partial charge in [0.05, 0.1) is 6.10 Å². The highest BCUT2D eigenvalue weighted by Gasteiger charge is 2.29. The Labute approximate surface area is 101 Å². The molecule has 3 atom stereocenters. The Morgan fingerprint density at radius 2 is 2.19 bits per heavy atom. The SMILES string of the molecule is CCCNC(CC)C(C)N1CCC(OC)C1. The standard InChI is InChI=1S/C13H28N2O/c1-5-8-14-13(6-2)11(3)15-9-7-12(10-15)16-4/h11-14H,5-10H2,1-4H3. The van der Waals surface area contributed by atoms with Gasteiger partial charge in [-0.2, -0.15) is 0 Å². The smallest absolute Gasteiger partial charge is 0.0710 e. The molecule has 1 fully saturated rings. The Hall–Kier alpha value is -0.120. The van der Waals surface area contributed by atoms with Crippen LogP contribution in [0, 0.1) is 0 Å². The molecule has 0 radical (unpaired) electrons. The largest absolute Gasteiger partial charge is 0.380 e. The molecule has 1 aliphatic rings. The maximum atomic E-state index is 5.42. The molecule has 0 amide bonds. The van der Waals surface area contributed by atoms with Gasteiger partial charge in [-0.1, -0.05) is 13.8 Å². The van der Waals surface area contributed by atoms with E-state index in [4.69, 9.17) is 4.74 Å². The first-order chi connectivity index (χ1) is 7.72. The predicted molar refractivity (Wildman–Crippen MR) is 68.8 cm³/mol. The lowest BCUT2D eigenvalue weighted by atomic mass is 10.1. The van der Waals surface area contributed by atoms with Crippen LogP contribution in [0.25, 0.3) is 0 Å². The van der Waals surface area contributed by atoms with E-state index in [1.54, 1.807) is 0 Å². The van der Waals surface area contributed by atoms with E-state index in [1.807, 2.05) is 7.11 Å². The average molecular weight is 228 g/mol. The van der Waals surface area contributed by atoms with E-state index in [1.165, 1.54) is 25.8 Å². The van der Waals surface area contributed by atoms with Crippen LogP contribution in [0.4, 0.5) is 0 Å². The van der Waals surface area contributed by atoms with E-state index in [0.717, 1.165) is 13.1 Å². The number of ether oxygens (including phenoxy) is 1. The van der Waals surface area contributed by atoms with Gasteiger partial charge in [0.15, 0.2) is 0 Å². The van der Waals surface area contributed by atoms with Crippen LogP contribution in [-0.2, 0) is 4.74 Å². The third-order valence-electron chi connectivity index (χ3n) is 3.76. The van der Waals surface area contributed by atoms with E-state index in [0.29, 0.717) is 18.2 Å². The molecular weight excluding hydrogens is 200 g/mol. The van der Waals surface area contributed by atoms with Crippen molar-refractivity contribution in [3.05, 3.63) is 0 Å². The second-order valence-electron chi connectivity index (χ2n) is 4.85. The Balaban J connectivity index is 2.39. The number of methoxy groups -OCH3 is 1. The van der Waals surface area contributed by atoms with Gasteiger partial charge in [0.1, 0.15) is 0 Å². The molecule has 1 rings (SSSR count). The third kappa shape index (κ3) is 3.72. The normalized spacial score (nSPS) is 25.9. The molecule has 3 nitrogen and oxygen atoms in total. The summed E-state index contributed by atoms with van der Waals surface area (Å²) in [7, 11) is 1.82. The molecule has 1 heterocycles.